The van der Waals surface area contributed by atoms with E-state index >= 15 is 0 Å². The predicted octanol–water partition coefficient (Wildman–Crippen LogP) is 2.29. The summed E-state index contributed by atoms with van der Waals surface area (Å²) in [6, 6.07) is 7.42. The predicted molar refractivity (Wildman–Crippen MR) is 84.0 cm³/mol. The van der Waals surface area contributed by atoms with Crippen LogP contribution in [0.2, 0.25) is 5.02 Å². The topological polar surface area (TPSA) is 56.2 Å². The number of amides is 1. The molecule has 2 aromatic rings. The summed E-state index contributed by atoms with van der Waals surface area (Å²) in [6.07, 6.45) is 5.18. The number of aryl methyl sites for hydroxylation is 1. The minimum absolute atomic E-state index is 0.0334. The number of nitrogens with one attached hydrogen (secondary N) is 1. The molecule has 5 nitrogen and oxygen atoms in total. The maximum atomic E-state index is 12.2. The fourth-order valence-corrected chi connectivity index (χ4v) is 2.76. The average Bonchev–Trinajstić information content (AvgIpc) is 3.04. The third kappa shape index (κ3) is 3.60. The molecule has 6 heteroatoms. The van der Waals surface area contributed by atoms with Crippen LogP contribution in [0.15, 0.2) is 36.7 Å². The van der Waals surface area contributed by atoms with Gasteiger partial charge in [-0.05, 0) is 42.7 Å². The van der Waals surface area contributed by atoms with Gasteiger partial charge >= 0.3 is 0 Å². The smallest absolute Gasteiger partial charge is 0.226 e. The fourth-order valence-electron chi connectivity index (χ4n) is 2.56. The van der Waals surface area contributed by atoms with Crippen LogP contribution in [0, 0.1) is 5.92 Å². The molecule has 22 heavy (non-hydrogen) atoms. The van der Waals surface area contributed by atoms with Gasteiger partial charge < -0.3 is 10.1 Å². The van der Waals surface area contributed by atoms with Gasteiger partial charge in [0.2, 0.25) is 5.91 Å². The lowest BCUT2D eigenvalue weighted by Crippen LogP contribution is -2.38. The number of ether oxygens (including phenoxy) is 1. The van der Waals surface area contributed by atoms with E-state index in [1.165, 1.54) is 0 Å². The van der Waals surface area contributed by atoms with Gasteiger partial charge in [-0.3, -0.25) is 9.48 Å². The zero-order valence-corrected chi connectivity index (χ0v) is 12.9. The largest absolute Gasteiger partial charge is 0.492 e. The van der Waals surface area contributed by atoms with Crippen LogP contribution in [0.3, 0.4) is 0 Å². The average molecular weight is 320 g/mol. The highest BCUT2D eigenvalue weighted by Crippen LogP contribution is 2.29. The second-order valence-electron chi connectivity index (χ2n) is 5.38. The monoisotopic (exact) mass is 319 g/mol. The van der Waals surface area contributed by atoms with Crippen LogP contribution in [0.4, 0.5) is 0 Å². The third-order valence-corrected chi connectivity index (χ3v) is 3.96. The Hall–Kier alpha value is -2.01. The molecule has 0 aliphatic carbocycles. The van der Waals surface area contributed by atoms with Crippen molar-refractivity contribution in [2.45, 2.75) is 19.4 Å². The maximum absolute atomic E-state index is 12.2. The van der Waals surface area contributed by atoms with Crippen LogP contribution in [-0.4, -0.2) is 28.8 Å². The first-order valence-corrected chi connectivity index (χ1v) is 7.76. The Morgan fingerprint density at radius 1 is 1.50 bits per heavy atom. The molecule has 1 aliphatic rings. The number of rotatable bonds is 5. The number of fused-ring (bicyclic) bond motifs is 1. The molecular weight excluding hydrogens is 302 g/mol. The van der Waals surface area contributed by atoms with Gasteiger partial charge in [-0.15, -0.1) is 0 Å². The van der Waals surface area contributed by atoms with E-state index in [9.17, 15) is 4.79 Å². The third-order valence-electron chi connectivity index (χ3n) is 3.72. The maximum Gasteiger partial charge on any atom is 0.226 e. The molecule has 0 radical (unpaired) electrons. The van der Waals surface area contributed by atoms with Gasteiger partial charge in [0.15, 0.2) is 0 Å². The Morgan fingerprint density at radius 2 is 2.41 bits per heavy atom. The van der Waals surface area contributed by atoms with Crippen LogP contribution < -0.4 is 10.1 Å². The highest BCUT2D eigenvalue weighted by Gasteiger charge is 2.25. The highest BCUT2D eigenvalue weighted by atomic mass is 35.5. The van der Waals surface area contributed by atoms with Gasteiger partial charge in [-0.1, -0.05) is 11.6 Å². The molecule has 1 aromatic carbocycles. The van der Waals surface area contributed by atoms with Crippen LogP contribution in [0.25, 0.3) is 0 Å². The van der Waals surface area contributed by atoms with Crippen molar-refractivity contribution in [1.29, 1.82) is 0 Å². The Kier molecular flexibility index (Phi) is 4.63. The van der Waals surface area contributed by atoms with E-state index < -0.39 is 0 Å². The minimum atomic E-state index is -0.157. The number of hydrogen-bond donors (Lipinski definition) is 1. The number of aromatic nitrogens is 2. The standard InChI is InChI=1S/C16H18ClN3O2/c17-14-3-4-15-12(10-14)9-13(11-22-15)16(21)18-5-1-7-20-8-2-6-19-20/h2-4,6,8,10,13H,1,5,7,9,11H2,(H,18,21)/t13-/m1/s1. The zero-order valence-electron chi connectivity index (χ0n) is 12.2. The molecule has 0 unspecified atom stereocenters. The molecule has 1 amide bonds. The molecule has 0 saturated heterocycles. The first-order valence-electron chi connectivity index (χ1n) is 7.39. The van der Waals surface area contributed by atoms with E-state index in [1.54, 1.807) is 12.3 Å². The quantitative estimate of drug-likeness (QED) is 0.860. The number of carbonyl (C=O) groups excluding carboxylic acids is 1. The molecular formula is C16H18ClN3O2. The lowest BCUT2D eigenvalue weighted by molar-refractivity contribution is -0.126. The molecule has 116 valence electrons. The van der Waals surface area contributed by atoms with Crippen molar-refractivity contribution < 1.29 is 9.53 Å². The number of benzene rings is 1. The Labute approximate surface area is 134 Å². The van der Waals surface area contributed by atoms with Crippen LogP contribution in [-0.2, 0) is 17.8 Å². The molecule has 3 rings (SSSR count). The van der Waals surface area contributed by atoms with Gasteiger partial charge in [0, 0.05) is 30.5 Å². The first kappa shape index (κ1) is 14.9. The summed E-state index contributed by atoms with van der Waals surface area (Å²) in [4.78, 5) is 12.2. The van der Waals surface area contributed by atoms with Crippen LogP contribution in [0.5, 0.6) is 5.75 Å². The lowest BCUT2D eigenvalue weighted by Gasteiger charge is -2.24. The van der Waals surface area contributed by atoms with Crippen molar-refractivity contribution in [2.75, 3.05) is 13.2 Å². The lowest BCUT2D eigenvalue weighted by atomic mass is 9.96. The molecule has 2 heterocycles. The summed E-state index contributed by atoms with van der Waals surface area (Å²) in [5.74, 6) is 0.703. The van der Waals surface area contributed by atoms with Gasteiger partial charge in [-0.2, -0.15) is 5.10 Å². The number of halogens is 1. The van der Waals surface area contributed by atoms with Gasteiger partial charge in [0.05, 0.1) is 5.92 Å². The van der Waals surface area contributed by atoms with Crippen LogP contribution in [0.1, 0.15) is 12.0 Å². The van der Waals surface area contributed by atoms with E-state index in [1.807, 2.05) is 29.1 Å². The molecule has 0 saturated carbocycles. The van der Waals surface area contributed by atoms with E-state index in [0.29, 0.717) is 24.6 Å². The van der Waals surface area contributed by atoms with Gasteiger partial charge in [-0.25, -0.2) is 0 Å². The zero-order chi connectivity index (χ0) is 15.4. The molecule has 0 fully saturated rings. The van der Waals surface area contributed by atoms with E-state index in [-0.39, 0.29) is 11.8 Å². The molecule has 0 spiro atoms. The fraction of sp³-hybridized carbons (Fsp3) is 0.375. The van der Waals surface area contributed by atoms with Crippen molar-refractivity contribution in [3.05, 3.63) is 47.2 Å². The number of hydrogen-bond acceptors (Lipinski definition) is 3. The summed E-state index contributed by atoms with van der Waals surface area (Å²) in [5.41, 5.74) is 0.996. The van der Waals surface area contributed by atoms with E-state index in [0.717, 1.165) is 24.3 Å². The normalized spacial score (nSPS) is 16.7. The number of nitrogens with zero attached hydrogens (tertiary/aromatic N) is 2. The van der Waals surface area contributed by atoms with E-state index in [2.05, 4.69) is 10.4 Å². The summed E-state index contributed by atoms with van der Waals surface area (Å²) >= 11 is 5.99. The van der Waals surface area contributed by atoms with Crippen molar-refractivity contribution in [3.63, 3.8) is 0 Å². The SMILES string of the molecule is O=C(NCCCn1cccn1)[C@H]1COc2ccc(Cl)cc2C1. The highest BCUT2D eigenvalue weighted by molar-refractivity contribution is 6.30. The molecule has 1 aliphatic heterocycles. The van der Waals surface area contributed by atoms with Crippen LogP contribution >= 0.6 is 11.6 Å². The second kappa shape index (κ2) is 6.83. The van der Waals surface area contributed by atoms with Gasteiger partial charge in [0.1, 0.15) is 12.4 Å². The molecule has 0 bridgehead atoms. The summed E-state index contributed by atoms with van der Waals surface area (Å²) in [6.45, 7) is 1.85. The summed E-state index contributed by atoms with van der Waals surface area (Å²) < 4.78 is 7.50. The first-order chi connectivity index (χ1) is 10.7. The Morgan fingerprint density at radius 3 is 3.23 bits per heavy atom. The molecule has 1 aromatic heterocycles. The number of carbonyl (C=O) groups is 1. The second-order valence-corrected chi connectivity index (χ2v) is 5.81. The van der Waals surface area contributed by atoms with Gasteiger partial charge in [0.25, 0.3) is 0 Å². The van der Waals surface area contributed by atoms with Crippen molar-refractivity contribution in [1.82, 2.24) is 15.1 Å². The molecule has 1 N–H and O–H groups in total. The Bertz CT molecular complexity index is 643. The summed E-state index contributed by atoms with van der Waals surface area (Å²) in [7, 11) is 0. The van der Waals surface area contributed by atoms with Crippen molar-refractivity contribution in [3.8, 4) is 5.75 Å². The molecule has 1 atom stereocenters. The van der Waals surface area contributed by atoms with Crippen molar-refractivity contribution in [2.24, 2.45) is 5.92 Å². The minimum Gasteiger partial charge on any atom is -0.492 e. The van der Waals surface area contributed by atoms with Crippen molar-refractivity contribution >= 4 is 17.5 Å². The summed E-state index contributed by atoms with van der Waals surface area (Å²) in [5, 5.41) is 7.76. The van der Waals surface area contributed by atoms with E-state index in [4.69, 9.17) is 16.3 Å². The Balaban J connectivity index is 1.47.